The van der Waals surface area contributed by atoms with E-state index in [-0.39, 0.29) is 5.25 Å². The Morgan fingerprint density at radius 3 is 2.65 bits per heavy atom. The first-order chi connectivity index (χ1) is 8.31. The van der Waals surface area contributed by atoms with E-state index in [1.54, 1.807) is 30.1 Å². The van der Waals surface area contributed by atoms with E-state index in [0.717, 1.165) is 5.03 Å². The van der Waals surface area contributed by atoms with Crippen molar-refractivity contribution in [2.45, 2.75) is 17.2 Å². The van der Waals surface area contributed by atoms with Crippen LogP contribution in [0.4, 0.5) is 0 Å². The van der Waals surface area contributed by atoms with Crippen molar-refractivity contribution in [2.75, 3.05) is 0 Å². The molecule has 2 rings (SSSR count). The number of rotatable bonds is 3. The van der Waals surface area contributed by atoms with E-state index in [1.165, 1.54) is 5.56 Å². The summed E-state index contributed by atoms with van der Waals surface area (Å²) >= 11 is 1.61. The van der Waals surface area contributed by atoms with Gasteiger partial charge in [-0.25, -0.2) is 4.98 Å². The van der Waals surface area contributed by atoms with E-state index >= 15 is 0 Å². The Balaban J connectivity index is 2.19. The minimum absolute atomic E-state index is 0.290. The third kappa shape index (κ3) is 2.86. The van der Waals surface area contributed by atoms with Crippen molar-refractivity contribution >= 4 is 11.8 Å². The van der Waals surface area contributed by atoms with Gasteiger partial charge >= 0.3 is 0 Å². The molecule has 0 N–H and O–H groups in total. The molecule has 0 radical (unpaired) electrons. The molecule has 2 aromatic rings. The monoisotopic (exact) mass is 240 g/mol. The molecule has 1 aromatic heterocycles. The first-order valence-electron chi connectivity index (χ1n) is 5.38. The second kappa shape index (κ2) is 5.51. The topological polar surface area (TPSA) is 36.7 Å². The molecule has 0 aliphatic carbocycles. The Morgan fingerprint density at radius 2 is 1.94 bits per heavy atom. The second-order valence-electron chi connectivity index (χ2n) is 3.64. The summed E-state index contributed by atoms with van der Waals surface area (Å²) in [7, 11) is 0. The molecule has 84 valence electrons. The lowest BCUT2D eigenvalue weighted by molar-refractivity contribution is 1.05. The zero-order valence-electron chi connectivity index (χ0n) is 9.50. The first-order valence-corrected chi connectivity index (χ1v) is 6.26. The van der Waals surface area contributed by atoms with Crippen LogP contribution in [0.3, 0.4) is 0 Å². The lowest BCUT2D eigenvalue weighted by Crippen LogP contribution is -1.91. The van der Waals surface area contributed by atoms with Gasteiger partial charge in [0.25, 0.3) is 0 Å². The fraction of sp³-hybridized carbons (Fsp3) is 0.143. The van der Waals surface area contributed by atoms with E-state index in [2.05, 4.69) is 30.1 Å². The van der Waals surface area contributed by atoms with E-state index < -0.39 is 0 Å². The molecule has 0 amide bonds. The number of nitriles is 1. The summed E-state index contributed by atoms with van der Waals surface area (Å²) in [5.74, 6) is 0. The highest BCUT2D eigenvalue weighted by atomic mass is 32.2. The Hall–Kier alpha value is -1.79. The largest absolute Gasteiger partial charge is 0.249 e. The molecule has 0 saturated heterocycles. The molecule has 0 aliphatic rings. The summed E-state index contributed by atoms with van der Waals surface area (Å²) in [6.45, 7) is 2.12. The quantitative estimate of drug-likeness (QED) is 0.765. The molecule has 0 spiro atoms. The molecular formula is C14H12N2S. The SMILES string of the molecule is C[C@H](Sc1ncccc1C#N)c1ccccc1. The van der Waals surface area contributed by atoms with Crippen LogP contribution in [0.2, 0.25) is 0 Å². The molecule has 0 saturated carbocycles. The molecule has 1 heterocycles. The lowest BCUT2D eigenvalue weighted by atomic mass is 10.2. The molecule has 0 bridgehead atoms. The van der Waals surface area contributed by atoms with Crippen molar-refractivity contribution in [3.05, 3.63) is 59.8 Å². The standard InChI is InChI=1S/C14H12N2S/c1-11(12-6-3-2-4-7-12)17-14-13(10-15)8-5-9-16-14/h2-9,11H,1H3/t11-/m0/s1. The minimum Gasteiger partial charge on any atom is -0.249 e. The first kappa shape index (κ1) is 11.7. The maximum absolute atomic E-state index is 9.00. The highest BCUT2D eigenvalue weighted by molar-refractivity contribution is 7.99. The van der Waals surface area contributed by atoms with Gasteiger partial charge < -0.3 is 0 Å². The number of aromatic nitrogens is 1. The highest BCUT2D eigenvalue weighted by Gasteiger charge is 2.10. The third-order valence-electron chi connectivity index (χ3n) is 2.45. The van der Waals surface area contributed by atoms with Crippen molar-refractivity contribution in [3.8, 4) is 6.07 Å². The summed E-state index contributed by atoms with van der Waals surface area (Å²) in [6, 6.07) is 16.0. The van der Waals surface area contributed by atoms with Crippen molar-refractivity contribution in [2.24, 2.45) is 0 Å². The van der Waals surface area contributed by atoms with Crippen LogP contribution in [0.15, 0.2) is 53.7 Å². The zero-order valence-corrected chi connectivity index (χ0v) is 10.3. The van der Waals surface area contributed by atoms with Crippen molar-refractivity contribution in [1.29, 1.82) is 5.26 Å². The molecule has 1 aromatic carbocycles. The van der Waals surface area contributed by atoms with Crippen LogP contribution in [-0.2, 0) is 0 Å². The average molecular weight is 240 g/mol. The van der Waals surface area contributed by atoms with Crippen molar-refractivity contribution in [1.82, 2.24) is 4.98 Å². The van der Waals surface area contributed by atoms with Gasteiger partial charge in [0.15, 0.2) is 0 Å². The summed E-state index contributed by atoms with van der Waals surface area (Å²) in [5.41, 5.74) is 1.88. The van der Waals surface area contributed by atoms with Crippen molar-refractivity contribution < 1.29 is 0 Å². The number of thioether (sulfide) groups is 1. The number of nitrogens with zero attached hydrogens (tertiary/aromatic N) is 2. The van der Waals surface area contributed by atoms with Gasteiger partial charge in [0, 0.05) is 11.4 Å². The molecule has 3 heteroatoms. The molecule has 0 unspecified atom stereocenters. The number of pyridine rings is 1. The Morgan fingerprint density at radius 1 is 1.18 bits per heavy atom. The summed E-state index contributed by atoms with van der Waals surface area (Å²) in [5, 5.41) is 10.1. The van der Waals surface area contributed by atoms with Crippen LogP contribution < -0.4 is 0 Å². The number of hydrogen-bond acceptors (Lipinski definition) is 3. The van der Waals surface area contributed by atoms with E-state index in [0.29, 0.717) is 5.56 Å². The third-order valence-corrected chi connectivity index (χ3v) is 3.62. The summed E-state index contributed by atoms with van der Waals surface area (Å²) in [4.78, 5) is 4.26. The van der Waals surface area contributed by atoms with E-state index in [9.17, 15) is 0 Å². The van der Waals surface area contributed by atoms with Gasteiger partial charge in [0.05, 0.1) is 5.56 Å². The Kier molecular flexibility index (Phi) is 3.79. The van der Waals surface area contributed by atoms with Crippen LogP contribution >= 0.6 is 11.8 Å². The van der Waals surface area contributed by atoms with Gasteiger partial charge in [-0.2, -0.15) is 5.26 Å². The second-order valence-corrected chi connectivity index (χ2v) is 4.97. The Bertz CT molecular complexity index is 531. The molecule has 2 nitrogen and oxygen atoms in total. The molecule has 0 aliphatic heterocycles. The molecule has 0 fully saturated rings. The van der Waals surface area contributed by atoms with Crippen LogP contribution in [0, 0.1) is 11.3 Å². The predicted molar refractivity (Wildman–Crippen MR) is 69.7 cm³/mol. The van der Waals surface area contributed by atoms with E-state index in [4.69, 9.17) is 5.26 Å². The summed E-state index contributed by atoms with van der Waals surface area (Å²) < 4.78 is 0. The van der Waals surface area contributed by atoms with E-state index in [1.807, 2.05) is 18.2 Å². The average Bonchev–Trinajstić information content (AvgIpc) is 2.40. The predicted octanol–water partition coefficient (Wildman–Crippen LogP) is 3.81. The van der Waals surface area contributed by atoms with Crippen LogP contribution in [-0.4, -0.2) is 4.98 Å². The van der Waals surface area contributed by atoms with Crippen LogP contribution in [0.25, 0.3) is 0 Å². The van der Waals surface area contributed by atoms with Gasteiger partial charge in [0.2, 0.25) is 0 Å². The normalized spacial score (nSPS) is 11.8. The zero-order chi connectivity index (χ0) is 12.1. The maximum atomic E-state index is 9.00. The lowest BCUT2D eigenvalue weighted by Gasteiger charge is -2.11. The maximum Gasteiger partial charge on any atom is 0.114 e. The molecule has 1 atom stereocenters. The number of hydrogen-bond donors (Lipinski definition) is 0. The molecular weight excluding hydrogens is 228 g/mol. The smallest absolute Gasteiger partial charge is 0.114 e. The number of benzene rings is 1. The highest BCUT2D eigenvalue weighted by Crippen LogP contribution is 2.34. The van der Waals surface area contributed by atoms with Gasteiger partial charge in [-0.3, -0.25) is 0 Å². The van der Waals surface area contributed by atoms with Gasteiger partial charge in [0.1, 0.15) is 11.1 Å². The minimum atomic E-state index is 0.290. The van der Waals surface area contributed by atoms with Crippen LogP contribution in [0.1, 0.15) is 23.3 Å². The van der Waals surface area contributed by atoms with Gasteiger partial charge in [-0.1, -0.05) is 42.1 Å². The summed E-state index contributed by atoms with van der Waals surface area (Å²) in [6.07, 6.45) is 1.72. The van der Waals surface area contributed by atoms with Crippen molar-refractivity contribution in [3.63, 3.8) is 0 Å². The fourth-order valence-corrected chi connectivity index (χ4v) is 2.52. The van der Waals surface area contributed by atoms with Gasteiger partial charge in [-0.05, 0) is 24.6 Å². The fourth-order valence-electron chi connectivity index (χ4n) is 1.53. The Labute approximate surface area is 105 Å². The van der Waals surface area contributed by atoms with Gasteiger partial charge in [-0.15, -0.1) is 0 Å². The molecule has 17 heavy (non-hydrogen) atoms. The van der Waals surface area contributed by atoms with Crippen LogP contribution in [0.5, 0.6) is 0 Å².